The Kier molecular flexibility index (Phi) is 3.41. The normalized spacial score (nSPS) is 10.7. The Hall–Kier alpha value is -2.17. The van der Waals surface area contributed by atoms with Crippen LogP contribution in [0, 0.1) is 0 Å². The van der Waals surface area contributed by atoms with E-state index in [2.05, 4.69) is 4.98 Å². The summed E-state index contributed by atoms with van der Waals surface area (Å²) in [6, 6.07) is 7.10. The van der Waals surface area contributed by atoms with E-state index in [9.17, 15) is 9.59 Å². The number of fused-ring (bicyclic) bond motifs is 1. The van der Waals surface area contributed by atoms with Gasteiger partial charge in [0.05, 0.1) is 17.3 Å². The summed E-state index contributed by atoms with van der Waals surface area (Å²) in [6.45, 7) is 2.34. The number of rotatable bonds is 4. The maximum Gasteiger partial charge on any atom is 0.303 e. The molecule has 0 aliphatic rings. The predicted molar refractivity (Wildman–Crippen MR) is 67.6 cm³/mol. The molecule has 18 heavy (non-hydrogen) atoms. The van der Waals surface area contributed by atoms with E-state index < -0.39 is 5.97 Å². The Morgan fingerprint density at radius 1 is 1.39 bits per heavy atom. The molecule has 2 aromatic rings. The SMILES string of the molecule is CCn1c(CCC(=O)O)nc2ccccc2c1=O. The van der Waals surface area contributed by atoms with Gasteiger partial charge in [0.2, 0.25) is 0 Å². The lowest BCUT2D eigenvalue weighted by Gasteiger charge is -2.10. The van der Waals surface area contributed by atoms with E-state index in [0.29, 0.717) is 23.3 Å². The second-order valence-corrected chi connectivity index (χ2v) is 3.99. The van der Waals surface area contributed by atoms with Crippen LogP contribution in [0.5, 0.6) is 0 Å². The molecule has 1 N–H and O–H groups in total. The largest absolute Gasteiger partial charge is 0.481 e. The highest BCUT2D eigenvalue weighted by molar-refractivity contribution is 5.77. The number of carboxylic acid groups (broad SMARTS) is 1. The number of aliphatic carboxylic acids is 1. The molecule has 0 radical (unpaired) electrons. The number of nitrogens with zero attached hydrogens (tertiary/aromatic N) is 2. The van der Waals surface area contributed by atoms with Crippen LogP contribution in [0.3, 0.4) is 0 Å². The van der Waals surface area contributed by atoms with Crippen molar-refractivity contribution in [1.82, 2.24) is 9.55 Å². The molecule has 2 rings (SSSR count). The third-order valence-electron chi connectivity index (χ3n) is 2.82. The molecular weight excluding hydrogens is 232 g/mol. The summed E-state index contributed by atoms with van der Waals surface area (Å²) >= 11 is 0. The van der Waals surface area contributed by atoms with Gasteiger partial charge in [-0.05, 0) is 19.1 Å². The van der Waals surface area contributed by atoms with E-state index in [1.165, 1.54) is 4.57 Å². The van der Waals surface area contributed by atoms with Gasteiger partial charge in [-0.15, -0.1) is 0 Å². The maximum atomic E-state index is 12.2. The van der Waals surface area contributed by atoms with E-state index in [1.54, 1.807) is 18.2 Å². The molecule has 1 aromatic carbocycles. The van der Waals surface area contributed by atoms with Crippen LogP contribution in [0.15, 0.2) is 29.1 Å². The van der Waals surface area contributed by atoms with Gasteiger partial charge in [0.15, 0.2) is 0 Å². The molecule has 94 valence electrons. The molecule has 0 bridgehead atoms. The summed E-state index contributed by atoms with van der Waals surface area (Å²) < 4.78 is 1.53. The second-order valence-electron chi connectivity index (χ2n) is 3.99. The van der Waals surface area contributed by atoms with Crippen LogP contribution in [0.4, 0.5) is 0 Å². The van der Waals surface area contributed by atoms with Gasteiger partial charge >= 0.3 is 5.97 Å². The van der Waals surface area contributed by atoms with Gasteiger partial charge in [0.1, 0.15) is 5.82 Å². The summed E-state index contributed by atoms with van der Waals surface area (Å²) in [6.07, 6.45) is 0.244. The second kappa shape index (κ2) is 5.00. The van der Waals surface area contributed by atoms with Crippen molar-refractivity contribution in [3.63, 3.8) is 0 Å². The van der Waals surface area contributed by atoms with Crippen LogP contribution < -0.4 is 5.56 Å². The van der Waals surface area contributed by atoms with E-state index in [4.69, 9.17) is 5.11 Å². The zero-order valence-corrected chi connectivity index (χ0v) is 10.1. The molecule has 5 heteroatoms. The van der Waals surface area contributed by atoms with Gasteiger partial charge in [-0.2, -0.15) is 0 Å². The average molecular weight is 246 g/mol. The van der Waals surface area contributed by atoms with Crippen LogP contribution in [-0.2, 0) is 17.8 Å². The minimum Gasteiger partial charge on any atom is -0.481 e. The third-order valence-corrected chi connectivity index (χ3v) is 2.82. The van der Waals surface area contributed by atoms with Crippen molar-refractivity contribution in [3.8, 4) is 0 Å². The Morgan fingerprint density at radius 3 is 2.78 bits per heavy atom. The van der Waals surface area contributed by atoms with E-state index >= 15 is 0 Å². The fourth-order valence-electron chi connectivity index (χ4n) is 1.95. The highest BCUT2D eigenvalue weighted by atomic mass is 16.4. The molecule has 0 saturated heterocycles. The molecule has 0 saturated carbocycles. The van der Waals surface area contributed by atoms with Gasteiger partial charge in [-0.25, -0.2) is 4.98 Å². The lowest BCUT2D eigenvalue weighted by molar-refractivity contribution is -0.137. The lowest BCUT2D eigenvalue weighted by Crippen LogP contribution is -2.25. The standard InChI is InChI=1S/C13H14N2O3/c1-2-15-11(7-8-12(16)17)14-10-6-4-3-5-9(10)13(15)18/h3-6H,2,7-8H2,1H3,(H,16,17). The van der Waals surface area contributed by atoms with Crippen LogP contribution in [0.2, 0.25) is 0 Å². The number of carboxylic acids is 1. The van der Waals surface area contributed by atoms with Crippen LogP contribution >= 0.6 is 0 Å². The zero-order chi connectivity index (χ0) is 13.1. The van der Waals surface area contributed by atoms with Crippen molar-refractivity contribution in [1.29, 1.82) is 0 Å². The van der Waals surface area contributed by atoms with Gasteiger partial charge in [0.25, 0.3) is 5.56 Å². The van der Waals surface area contributed by atoms with Crippen molar-refractivity contribution < 1.29 is 9.90 Å². The Labute approximate surface area is 104 Å². The molecule has 0 aliphatic heterocycles. The van der Waals surface area contributed by atoms with Crippen molar-refractivity contribution in [3.05, 3.63) is 40.4 Å². The topological polar surface area (TPSA) is 72.2 Å². The molecule has 0 aliphatic carbocycles. The average Bonchev–Trinajstić information content (AvgIpc) is 2.36. The number of carbonyl (C=O) groups is 1. The fraction of sp³-hybridized carbons (Fsp3) is 0.308. The molecular formula is C13H14N2O3. The molecule has 1 heterocycles. The molecule has 0 spiro atoms. The minimum atomic E-state index is -0.889. The third kappa shape index (κ3) is 2.25. The summed E-state index contributed by atoms with van der Waals surface area (Å²) in [7, 11) is 0. The van der Waals surface area contributed by atoms with Gasteiger partial charge in [-0.1, -0.05) is 12.1 Å². The van der Waals surface area contributed by atoms with E-state index in [-0.39, 0.29) is 18.4 Å². The first-order chi connectivity index (χ1) is 8.63. The highest BCUT2D eigenvalue weighted by Crippen LogP contribution is 2.09. The van der Waals surface area contributed by atoms with E-state index in [0.717, 1.165) is 0 Å². The van der Waals surface area contributed by atoms with Gasteiger partial charge < -0.3 is 5.11 Å². The van der Waals surface area contributed by atoms with Gasteiger partial charge in [-0.3, -0.25) is 14.2 Å². The van der Waals surface area contributed by atoms with Crippen molar-refractivity contribution in [2.24, 2.45) is 0 Å². The highest BCUT2D eigenvalue weighted by Gasteiger charge is 2.10. The number of aromatic nitrogens is 2. The maximum absolute atomic E-state index is 12.2. The Bertz CT molecular complexity index is 646. The fourth-order valence-corrected chi connectivity index (χ4v) is 1.95. The summed E-state index contributed by atoms with van der Waals surface area (Å²) in [4.78, 5) is 27.2. The summed E-state index contributed by atoms with van der Waals surface area (Å²) in [5.41, 5.74) is 0.510. The predicted octanol–water partition coefficient (Wildman–Crippen LogP) is 1.43. The first-order valence-corrected chi connectivity index (χ1v) is 5.83. The smallest absolute Gasteiger partial charge is 0.303 e. The van der Waals surface area contributed by atoms with Crippen LogP contribution in [0.25, 0.3) is 10.9 Å². The number of para-hydroxylation sites is 1. The van der Waals surface area contributed by atoms with Crippen molar-refractivity contribution in [2.45, 2.75) is 26.3 Å². The number of hydrogen-bond donors (Lipinski definition) is 1. The molecule has 5 nitrogen and oxygen atoms in total. The van der Waals surface area contributed by atoms with E-state index in [1.807, 2.05) is 13.0 Å². The number of benzene rings is 1. The molecule has 0 unspecified atom stereocenters. The first kappa shape index (κ1) is 12.3. The summed E-state index contributed by atoms with van der Waals surface area (Å²) in [5.74, 6) is -0.358. The van der Waals surface area contributed by atoms with Gasteiger partial charge in [0, 0.05) is 13.0 Å². The summed E-state index contributed by atoms with van der Waals surface area (Å²) in [5, 5.41) is 9.27. The van der Waals surface area contributed by atoms with Crippen LogP contribution in [-0.4, -0.2) is 20.6 Å². The number of hydrogen-bond acceptors (Lipinski definition) is 3. The molecule has 1 aromatic heterocycles. The zero-order valence-electron chi connectivity index (χ0n) is 10.1. The Morgan fingerprint density at radius 2 is 2.11 bits per heavy atom. The quantitative estimate of drug-likeness (QED) is 0.885. The minimum absolute atomic E-state index is 0.0230. The lowest BCUT2D eigenvalue weighted by atomic mass is 10.2. The van der Waals surface area contributed by atoms with Crippen molar-refractivity contribution >= 4 is 16.9 Å². The van der Waals surface area contributed by atoms with Crippen LogP contribution in [0.1, 0.15) is 19.2 Å². The Balaban J connectivity index is 2.58. The molecule has 0 amide bonds. The monoisotopic (exact) mass is 246 g/mol. The number of aryl methyl sites for hydroxylation is 1. The first-order valence-electron chi connectivity index (χ1n) is 5.83. The molecule has 0 atom stereocenters. The van der Waals surface area contributed by atoms with Crippen molar-refractivity contribution in [2.75, 3.05) is 0 Å². The molecule has 0 fully saturated rings.